The fourth-order valence-electron chi connectivity index (χ4n) is 9.43. The Hall–Kier alpha value is -3.78. The molecule has 0 saturated heterocycles. The third-order valence-corrected chi connectivity index (χ3v) is 14.9. The van der Waals surface area contributed by atoms with Crippen molar-refractivity contribution in [1.29, 1.82) is 0 Å². The second-order valence-corrected chi connectivity index (χ2v) is 24.3. The van der Waals surface area contributed by atoms with Gasteiger partial charge in [0.2, 0.25) is 0 Å². The Morgan fingerprint density at radius 1 is 0.485 bits per heavy atom. The SMILES string of the molecule is CCC(C)c1cc2c(-c3ccccc3C(C)C)c(C(C)C)ccc2[cH-]1.CCC(C)c1cc2c(-c3ccccc3C(C)C)c(C(C)C)ccc2[cH-]1.[Cl][Zr][Cl].[c-]1cccc2c1[Si]c1ccccc1-2. The minimum Gasteiger partial charge on any atom is -0.184 e. The van der Waals surface area contributed by atoms with Gasteiger partial charge in [-0.15, -0.1) is 74.6 Å². The van der Waals surface area contributed by atoms with Crippen LogP contribution in [0.25, 0.3) is 54.9 Å². The molecule has 2 radical (unpaired) electrons. The average molecular weight is 1000 g/mol. The van der Waals surface area contributed by atoms with Gasteiger partial charge in [-0.2, -0.15) is 41.6 Å². The fraction of sp³-hybridized carbons (Fsp3) is 0.323. The van der Waals surface area contributed by atoms with Gasteiger partial charge in [0.1, 0.15) is 0 Å². The number of fused-ring (bicyclic) bond motifs is 5. The van der Waals surface area contributed by atoms with Crippen molar-refractivity contribution >= 4 is 58.5 Å². The summed E-state index contributed by atoms with van der Waals surface area (Å²) in [4.78, 5) is 0. The molecule has 1 aliphatic heterocycles. The van der Waals surface area contributed by atoms with Crippen molar-refractivity contribution in [2.45, 2.75) is 131 Å². The minimum absolute atomic E-state index is 0.515. The second-order valence-electron chi connectivity index (χ2n) is 19.3. The minimum atomic E-state index is -0.826. The summed E-state index contributed by atoms with van der Waals surface area (Å²) in [6.45, 7) is 27.6. The molecule has 9 rings (SSSR count). The summed E-state index contributed by atoms with van der Waals surface area (Å²) in [5.41, 5.74) is 17.3. The van der Waals surface area contributed by atoms with Gasteiger partial charge in [0.25, 0.3) is 0 Å². The van der Waals surface area contributed by atoms with Crippen molar-refractivity contribution in [3.05, 3.63) is 179 Å². The summed E-state index contributed by atoms with van der Waals surface area (Å²) in [5.74, 6) is 3.31. The molecule has 66 heavy (non-hydrogen) atoms. The third kappa shape index (κ3) is 11.7. The largest absolute Gasteiger partial charge is 0.184 e. The van der Waals surface area contributed by atoms with Crippen LogP contribution in [0.1, 0.15) is 165 Å². The molecule has 342 valence electrons. The van der Waals surface area contributed by atoms with E-state index < -0.39 is 20.8 Å². The molecule has 1 heterocycles. The smallest absolute Gasteiger partial charge is 0.0920 e. The Balaban J connectivity index is 0.000000166. The zero-order chi connectivity index (χ0) is 47.7. The second kappa shape index (κ2) is 24.0. The molecule has 0 amide bonds. The third-order valence-electron chi connectivity index (χ3n) is 13.5. The van der Waals surface area contributed by atoms with Gasteiger partial charge in [0, 0.05) is 0 Å². The molecule has 0 fully saturated rings. The number of hydrogen-bond acceptors (Lipinski definition) is 0. The Morgan fingerprint density at radius 3 is 1.30 bits per heavy atom. The van der Waals surface area contributed by atoms with Crippen LogP contribution in [-0.4, -0.2) is 9.52 Å². The number of halogens is 2. The summed E-state index contributed by atoms with van der Waals surface area (Å²) < 4.78 is 0. The molecule has 2 unspecified atom stereocenters. The van der Waals surface area contributed by atoms with Gasteiger partial charge in [-0.1, -0.05) is 202 Å². The van der Waals surface area contributed by atoms with Crippen LogP contribution < -0.4 is 10.4 Å². The van der Waals surface area contributed by atoms with E-state index in [-0.39, 0.29) is 0 Å². The van der Waals surface area contributed by atoms with Gasteiger partial charge >= 0.3 is 37.9 Å². The Kier molecular flexibility index (Phi) is 18.8. The van der Waals surface area contributed by atoms with Crippen molar-refractivity contribution in [3.8, 4) is 33.4 Å². The van der Waals surface area contributed by atoms with E-state index >= 15 is 0 Å². The Morgan fingerprint density at radius 2 is 0.879 bits per heavy atom. The predicted molar refractivity (Wildman–Crippen MR) is 291 cm³/mol. The van der Waals surface area contributed by atoms with E-state index in [9.17, 15) is 0 Å². The van der Waals surface area contributed by atoms with Crippen molar-refractivity contribution in [2.24, 2.45) is 0 Å². The van der Waals surface area contributed by atoms with E-state index in [0.717, 1.165) is 9.52 Å². The molecule has 8 aromatic carbocycles. The summed E-state index contributed by atoms with van der Waals surface area (Å²) in [5, 5.41) is 8.44. The van der Waals surface area contributed by atoms with Crippen LogP contribution in [0.5, 0.6) is 0 Å². The number of benzene rings is 6. The van der Waals surface area contributed by atoms with Crippen LogP contribution in [0.3, 0.4) is 0 Å². The summed E-state index contributed by atoms with van der Waals surface area (Å²) in [7, 11) is 10.7. The molecule has 4 heteroatoms. The zero-order valence-electron chi connectivity index (χ0n) is 41.4. The van der Waals surface area contributed by atoms with Crippen LogP contribution in [0, 0.1) is 6.07 Å². The van der Waals surface area contributed by atoms with Gasteiger partial charge in [-0.05, 0) is 57.8 Å². The molecule has 2 atom stereocenters. The van der Waals surface area contributed by atoms with Crippen LogP contribution in [0.4, 0.5) is 0 Å². The first-order valence-corrected chi connectivity index (χ1v) is 31.6. The van der Waals surface area contributed by atoms with E-state index in [1.807, 2.05) is 6.07 Å². The van der Waals surface area contributed by atoms with Crippen molar-refractivity contribution in [3.63, 3.8) is 0 Å². The molecular weight excluding hydrogens is 935 g/mol. The Bertz CT molecular complexity index is 2630. The molecule has 0 aromatic heterocycles. The van der Waals surface area contributed by atoms with E-state index in [2.05, 4.69) is 223 Å². The van der Waals surface area contributed by atoms with Crippen LogP contribution in [0.15, 0.2) is 140 Å². The quantitative estimate of drug-likeness (QED) is 0.0946. The van der Waals surface area contributed by atoms with Gasteiger partial charge in [0.15, 0.2) is 0 Å². The molecule has 0 aliphatic carbocycles. The monoisotopic (exact) mass is 1000 g/mol. The summed E-state index contributed by atoms with van der Waals surface area (Å²) >= 11 is -0.826. The van der Waals surface area contributed by atoms with Gasteiger partial charge in [-0.3, -0.25) is 0 Å². The van der Waals surface area contributed by atoms with Crippen molar-refractivity contribution < 1.29 is 20.8 Å². The first-order chi connectivity index (χ1) is 31.7. The van der Waals surface area contributed by atoms with Crippen LogP contribution >= 0.6 is 17.0 Å². The normalized spacial score (nSPS) is 12.6. The van der Waals surface area contributed by atoms with Gasteiger partial charge in [0.05, 0.1) is 9.52 Å². The van der Waals surface area contributed by atoms with E-state index in [1.165, 1.54) is 112 Å². The summed E-state index contributed by atoms with van der Waals surface area (Å²) in [6, 6.07) is 55.1. The van der Waals surface area contributed by atoms with Crippen LogP contribution in [0.2, 0.25) is 0 Å². The predicted octanol–water partition coefficient (Wildman–Crippen LogP) is 18.5. The topological polar surface area (TPSA) is 0 Å². The van der Waals surface area contributed by atoms with E-state index in [0.29, 0.717) is 35.5 Å². The van der Waals surface area contributed by atoms with Gasteiger partial charge in [-0.25, -0.2) is 0 Å². The summed E-state index contributed by atoms with van der Waals surface area (Å²) in [6.07, 6.45) is 2.37. The maximum Gasteiger partial charge on any atom is 0.0920 e. The molecule has 0 nitrogen and oxygen atoms in total. The molecule has 1 aliphatic rings. The average Bonchev–Trinajstić information content (AvgIpc) is 4.07. The number of hydrogen-bond donors (Lipinski definition) is 0. The first-order valence-electron chi connectivity index (χ1n) is 24.2. The van der Waals surface area contributed by atoms with Gasteiger partial charge < -0.3 is 0 Å². The van der Waals surface area contributed by atoms with E-state index in [1.54, 1.807) is 0 Å². The maximum absolute atomic E-state index is 4.93. The molecule has 8 aromatic rings. The number of rotatable bonds is 10. The van der Waals surface area contributed by atoms with Crippen molar-refractivity contribution in [1.82, 2.24) is 0 Å². The first kappa shape index (κ1) is 51.6. The van der Waals surface area contributed by atoms with E-state index in [4.69, 9.17) is 17.0 Å². The zero-order valence-corrected chi connectivity index (χ0v) is 46.4. The molecule has 0 saturated carbocycles. The maximum atomic E-state index is 4.93. The molecule has 0 N–H and O–H groups in total. The van der Waals surface area contributed by atoms with Crippen LogP contribution in [-0.2, 0) is 20.8 Å². The molecule has 0 spiro atoms. The Labute approximate surface area is 419 Å². The molecule has 0 bridgehead atoms. The standard InChI is InChI=1S/2C25H31.C12H7Si.2ClH.Zr/c2*1-7-18(6)20-14-19-12-13-22(17(4)5)25(24(19)15-20)23-11-9-8-10-21(23)16(2)3;1-3-7-11-9(5-1)10-6-2-4-8-12(10)13-11;;;/h2*8-18H,7H2,1-6H3;1-7H;2*1H;/q3*-1;;;+2/p-2. The fourth-order valence-corrected chi connectivity index (χ4v) is 10.7. The van der Waals surface area contributed by atoms with Crippen molar-refractivity contribution in [2.75, 3.05) is 0 Å². The molecular formula is C62H69Cl2SiZr-3.